The van der Waals surface area contributed by atoms with E-state index < -0.39 is 0 Å². The van der Waals surface area contributed by atoms with Gasteiger partial charge in [0.15, 0.2) is 0 Å². The van der Waals surface area contributed by atoms with Crippen LogP contribution in [0, 0.1) is 11.8 Å². The zero-order valence-electron chi connectivity index (χ0n) is 11.5. The predicted molar refractivity (Wildman–Crippen MR) is 76.2 cm³/mol. The molecule has 0 aromatic heterocycles. The fraction of sp³-hybridized carbons (Fsp3) is 0.786. The monoisotopic (exact) mass is 255 g/mol. The van der Waals surface area contributed by atoms with Crippen molar-refractivity contribution in [1.82, 2.24) is 5.32 Å². The van der Waals surface area contributed by atoms with Gasteiger partial charge >= 0.3 is 0 Å². The van der Waals surface area contributed by atoms with Crippen LogP contribution < -0.4 is 5.32 Å². The van der Waals surface area contributed by atoms with E-state index in [-0.39, 0.29) is 5.91 Å². The van der Waals surface area contributed by atoms with Crippen molar-refractivity contribution >= 4 is 17.7 Å². The van der Waals surface area contributed by atoms with Gasteiger partial charge in [-0.2, -0.15) is 11.8 Å². The van der Waals surface area contributed by atoms with Crippen molar-refractivity contribution in [2.24, 2.45) is 11.8 Å². The molecule has 2 atom stereocenters. The standard InChI is InChI=1S/C14H25NOS/c1-10(2)12-6-5-11(3)13(9-12)17-8-7-14(16)15-4/h9-11,13H,5-8H2,1-4H3,(H,15,16). The summed E-state index contributed by atoms with van der Waals surface area (Å²) in [5, 5.41) is 3.28. The molecule has 3 heteroatoms. The van der Waals surface area contributed by atoms with Gasteiger partial charge in [-0.3, -0.25) is 4.79 Å². The Hall–Kier alpha value is -0.440. The molecule has 2 unspecified atom stereocenters. The van der Waals surface area contributed by atoms with E-state index in [0.29, 0.717) is 17.6 Å². The molecule has 0 aromatic rings. The number of rotatable bonds is 5. The highest BCUT2D eigenvalue weighted by Gasteiger charge is 2.22. The minimum Gasteiger partial charge on any atom is -0.359 e. The molecule has 98 valence electrons. The topological polar surface area (TPSA) is 29.1 Å². The lowest BCUT2D eigenvalue weighted by Crippen LogP contribution is -2.21. The summed E-state index contributed by atoms with van der Waals surface area (Å²) in [6.45, 7) is 6.87. The van der Waals surface area contributed by atoms with E-state index in [9.17, 15) is 4.79 Å². The summed E-state index contributed by atoms with van der Waals surface area (Å²) in [7, 11) is 1.70. The fourth-order valence-corrected chi connectivity index (χ4v) is 3.43. The highest BCUT2D eigenvalue weighted by molar-refractivity contribution is 8.00. The summed E-state index contributed by atoms with van der Waals surface area (Å²) in [5.74, 6) is 2.49. The molecule has 0 bridgehead atoms. The Morgan fingerprint density at radius 3 is 2.88 bits per heavy atom. The van der Waals surface area contributed by atoms with E-state index >= 15 is 0 Å². The molecule has 0 aliphatic heterocycles. The van der Waals surface area contributed by atoms with Crippen molar-refractivity contribution in [2.45, 2.75) is 45.3 Å². The maximum absolute atomic E-state index is 11.2. The van der Waals surface area contributed by atoms with E-state index in [4.69, 9.17) is 0 Å². The first-order valence-electron chi connectivity index (χ1n) is 6.57. The number of hydrogen-bond acceptors (Lipinski definition) is 2. The summed E-state index contributed by atoms with van der Waals surface area (Å²) in [6.07, 6.45) is 5.63. The SMILES string of the molecule is CNC(=O)CCSC1C=C(C(C)C)CCC1C. The average Bonchev–Trinajstić information content (AvgIpc) is 2.30. The zero-order chi connectivity index (χ0) is 12.8. The Bertz CT molecular complexity index is 286. The zero-order valence-corrected chi connectivity index (χ0v) is 12.3. The van der Waals surface area contributed by atoms with Crippen LogP contribution in [0.4, 0.5) is 0 Å². The van der Waals surface area contributed by atoms with Crippen LogP contribution in [-0.2, 0) is 4.79 Å². The minimum absolute atomic E-state index is 0.147. The molecule has 0 heterocycles. The third-order valence-electron chi connectivity index (χ3n) is 3.49. The van der Waals surface area contributed by atoms with Crippen LogP contribution in [0.25, 0.3) is 0 Å². The Morgan fingerprint density at radius 2 is 2.29 bits per heavy atom. The van der Waals surface area contributed by atoms with Gasteiger partial charge in [-0.25, -0.2) is 0 Å². The largest absolute Gasteiger partial charge is 0.359 e. The van der Waals surface area contributed by atoms with Gasteiger partial charge in [0, 0.05) is 24.5 Å². The van der Waals surface area contributed by atoms with Gasteiger partial charge in [-0.1, -0.05) is 32.4 Å². The molecule has 17 heavy (non-hydrogen) atoms. The Kier molecular flexibility index (Phi) is 6.10. The van der Waals surface area contributed by atoms with Gasteiger partial charge in [0.1, 0.15) is 0 Å². The molecule has 0 spiro atoms. The molecule has 0 saturated carbocycles. The molecule has 0 radical (unpaired) electrons. The minimum atomic E-state index is 0.147. The lowest BCUT2D eigenvalue weighted by molar-refractivity contribution is -0.120. The van der Waals surface area contributed by atoms with Gasteiger partial charge < -0.3 is 5.32 Å². The molecule has 2 nitrogen and oxygen atoms in total. The van der Waals surface area contributed by atoms with Crippen LogP contribution in [0.2, 0.25) is 0 Å². The molecule has 1 aliphatic carbocycles. The Balaban J connectivity index is 2.44. The van der Waals surface area contributed by atoms with E-state index in [1.807, 2.05) is 11.8 Å². The molecule has 0 aromatic carbocycles. The van der Waals surface area contributed by atoms with E-state index in [1.54, 1.807) is 12.6 Å². The number of nitrogens with one attached hydrogen (secondary N) is 1. The Labute approximate surface area is 110 Å². The van der Waals surface area contributed by atoms with Gasteiger partial charge in [-0.05, 0) is 24.7 Å². The number of carbonyl (C=O) groups is 1. The molecule has 1 aliphatic rings. The van der Waals surface area contributed by atoms with Gasteiger partial charge in [0.05, 0.1) is 0 Å². The van der Waals surface area contributed by atoms with Gasteiger partial charge in [0.25, 0.3) is 0 Å². The average molecular weight is 255 g/mol. The second-order valence-corrected chi connectivity index (χ2v) is 6.46. The number of hydrogen-bond donors (Lipinski definition) is 1. The van der Waals surface area contributed by atoms with Crippen molar-refractivity contribution in [3.8, 4) is 0 Å². The molecular formula is C14H25NOS. The number of amides is 1. The van der Waals surface area contributed by atoms with Crippen molar-refractivity contribution in [2.75, 3.05) is 12.8 Å². The van der Waals surface area contributed by atoms with Crippen LogP contribution in [-0.4, -0.2) is 24.0 Å². The van der Waals surface area contributed by atoms with Crippen molar-refractivity contribution < 1.29 is 4.79 Å². The lowest BCUT2D eigenvalue weighted by Gasteiger charge is -2.28. The van der Waals surface area contributed by atoms with Crippen molar-refractivity contribution in [1.29, 1.82) is 0 Å². The number of allylic oxidation sites excluding steroid dienone is 1. The first-order valence-corrected chi connectivity index (χ1v) is 7.62. The van der Waals surface area contributed by atoms with Crippen LogP contribution in [0.15, 0.2) is 11.6 Å². The van der Waals surface area contributed by atoms with Crippen LogP contribution >= 0.6 is 11.8 Å². The molecular weight excluding hydrogens is 230 g/mol. The summed E-state index contributed by atoms with van der Waals surface area (Å²) >= 11 is 1.93. The summed E-state index contributed by atoms with van der Waals surface area (Å²) in [5.41, 5.74) is 1.60. The van der Waals surface area contributed by atoms with Crippen LogP contribution in [0.3, 0.4) is 0 Å². The predicted octanol–water partition coefficient (Wildman–Crippen LogP) is 3.24. The summed E-state index contributed by atoms with van der Waals surface area (Å²) < 4.78 is 0. The third kappa shape index (κ3) is 4.74. The van der Waals surface area contributed by atoms with E-state index in [1.165, 1.54) is 12.8 Å². The Morgan fingerprint density at radius 1 is 1.59 bits per heavy atom. The second kappa shape index (κ2) is 7.10. The second-order valence-electron chi connectivity index (χ2n) is 5.17. The fourth-order valence-electron chi connectivity index (χ4n) is 2.12. The molecule has 1 rings (SSSR count). The lowest BCUT2D eigenvalue weighted by atomic mass is 9.86. The number of thioether (sulfide) groups is 1. The van der Waals surface area contributed by atoms with Gasteiger partial charge in [0.2, 0.25) is 5.91 Å². The molecule has 1 N–H and O–H groups in total. The molecule has 0 fully saturated rings. The third-order valence-corrected chi connectivity index (χ3v) is 4.91. The smallest absolute Gasteiger partial charge is 0.220 e. The highest BCUT2D eigenvalue weighted by atomic mass is 32.2. The molecule has 0 saturated heterocycles. The van der Waals surface area contributed by atoms with Gasteiger partial charge in [-0.15, -0.1) is 0 Å². The highest BCUT2D eigenvalue weighted by Crippen LogP contribution is 2.34. The summed E-state index contributed by atoms with van der Waals surface area (Å²) in [6, 6.07) is 0. The van der Waals surface area contributed by atoms with Crippen molar-refractivity contribution in [3.05, 3.63) is 11.6 Å². The van der Waals surface area contributed by atoms with Crippen LogP contribution in [0.5, 0.6) is 0 Å². The molecule has 1 amide bonds. The van der Waals surface area contributed by atoms with Crippen LogP contribution in [0.1, 0.15) is 40.0 Å². The maximum atomic E-state index is 11.2. The quantitative estimate of drug-likeness (QED) is 0.764. The normalized spacial score (nSPS) is 24.6. The number of carbonyl (C=O) groups excluding carboxylic acids is 1. The van der Waals surface area contributed by atoms with E-state index in [2.05, 4.69) is 32.2 Å². The first-order chi connectivity index (χ1) is 8.04. The summed E-state index contributed by atoms with van der Waals surface area (Å²) in [4.78, 5) is 11.2. The first kappa shape index (κ1) is 14.6. The maximum Gasteiger partial charge on any atom is 0.220 e. The van der Waals surface area contributed by atoms with Crippen molar-refractivity contribution in [3.63, 3.8) is 0 Å². The van der Waals surface area contributed by atoms with E-state index in [0.717, 1.165) is 11.7 Å².